The summed E-state index contributed by atoms with van der Waals surface area (Å²) in [6.45, 7) is 0.241. The van der Waals surface area contributed by atoms with E-state index in [2.05, 4.69) is 15.5 Å². The number of aromatic nitrogens is 4. The summed E-state index contributed by atoms with van der Waals surface area (Å²) in [4.78, 5) is 12.4. The summed E-state index contributed by atoms with van der Waals surface area (Å²) in [5.74, 6) is -0.617. The molecule has 2 N–H and O–H groups in total. The van der Waals surface area contributed by atoms with E-state index in [1.807, 2.05) is 0 Å². The molecule has 2 atom stereocenters. The van der Waals surface area contributed by atoms with Crippen LogP contribution < -0.4 is 4.90 Å². The van der Waals surface area contributed by atoms with Gasteiger partial charge in [0.1, 0.15) is 6.04 Å². The quantitative estimate of drug-likeness (QED) is 0.599. The van der Waals surface area contributed by atoms with Gasteiger partial charge in [0.15, 0.2) is 0 Å². The molecule has 0 amide bonds. The zero-order valence-electron chi connectivity index (χ0n) is 8.11. The number of anilines is 1. The molecule has 8 nitrogen and oxygen atoms in total. The summed E-state index contributed by atoms with van der Waals surface area (Å²) in [5, 5.41) is 29.2. The Labute approximate surface area is 85.1 Å². The van der Waals surface area contributed by atoms with Crippen LogP contribution in [0.5, 0.6) is 0 Å². The van der Waals surface area contributed by atoms with Crippen LogP contribution in [-0.2, 0) is 11.8 Å². The number of hydrogen-bond donors (Lipinski definition) is 2. The van der Waals surface area contributed by atoms with E-state index in [0.29, 0.717) is 5.95 Å². The highest BCUT2D eigenvalue weighted by atomic mass is 16.4. The Morgan fingerprint density at radius 1 is 1.60 bits per heavy atom. The molecule has 1 aliphatic rings. The number of β-amino-alcohol motifs (C(OH)–C–C–N with tert-alkyl or cyclic N) is 1. The van der Waals surface area contributed by atoms with Gasteiger partial charge in [-0.25, -0.2) is 9.48 Å². The number of aliphatic hydroxyl groups excluding tert-OH is 1. The molecular formula is C7H11N5O3. The number of hydrogen-bond acceptors (Lipinski definition) is 6. The second-order valence-corrected chi connectivity index (χ2v) is 3.50. The van der Waals surface area contributed by atoms with Crippen LogP contribution >= 0.6 is 0 Å². The maximum Gasteiger partial charge on any atom is 0.326 e. The zero-order valence-corrected chi connectivity index (χ0v) is 8.11. The first kappa shape index (κ1) is 9.84. The van der Waals surface area contributed by atoms with Crippen LogP contribution in [0.2, 0.25) is 0 Å². The fourth-order valence-electron chi connectivity index (χ4n) is 1.74. The molecule has 0 aromatic carbocycles. The van der Waals surface area contributed by atoms with E-state index in [0.717, 1.165) is 0 Å². The van der Waals surface area contributed by atoms with Crippen molar-refractivity contribution in [3.8, 4) is 0 Å². The first-order valence-electron chi connectivity index (χ1n) is 4.49. The van der Waals surface area contributed by atoms with Gasteiger partial charge in [-0.15, -0.1) is 0 Å². The Morgan fingerprint density at radius 2 is 2.33 bits per heavy atom. The molecule has 1 saturated heterocycles. The van der Waals surface area contributed by atoms with Gasteiger partial charge in [0, 0.05) is 20.0 Å². The van der Waals surface area contributed by atoms with Crippen LogP contribution in [0.1, 0.15) is 6.42 Å². The summed E-state index contributed by atoms with van der Waals surface area (Å²) in [6, 6.07) is -0.760. The Morgan fingerprint density at radius 3 is 2.87 bits per heavy atom. The van der Waals surface area contributed by atoms with Crippen LogP contribution in [-0.4, -0.2) is 55.1 Å². The Hall–Kier alpha value is -1.70. The lowest BCUT2D eigenvalue weighted by Crippen LogP contribution is -2.37. The molecule has 0 bridgehead atoms. The van der Waals surface area contributed by atoms with Crippen molar-refractivity contribution in [1.82, 2.24) is 20.2 Å². The molecular weight excluding hydrogens is 202 g/mol. The van der Waals surface area contributed by atoms with Crippen LogP contribution in [0, 0.1) is 0 Å². The second kappa shape index (κ2) is 3.46. The van der Waals surface area contributed by atoms with Crippen molar-refractivity contribution in [3.63, 3.8) is 0 Å². The lowest BCUT2D eigenvalue weighted by Gasteiger charge is -2.20. The van der Waals surface area contributed by atoms with E-state index in [1.54, 1.807) is 7.05 Å². The lowest BCUT2D eigenvalue weighted by molar-refractivity contribution is -0.138. The van der Waals surface area contributed by atoms with E-state index in [4.69, 9.17) is 5.11 Å². The Balaban J connectivity index is 2.28. The summed E-state index contributed by atoms with van der Waals surface area (Å²) < 4.78 is 1.38. The van der Waals surface area contributed by atoms with Gasteiger partial charge in [0.05, 0.1) is 6.10 Å². The molecule has 15 heavy (non-hydrogen) atoms. The van der Waals surface area contributed by atoms with Crippen LogP contribution in [0.25, 0.3) is 0 Å². The minimum Gasteiger partial charge on any atom is -0.480 e. The van der Waals surface area contributed by atoms with Crippen molar-refractivity contribution in [2.75, 3.05) is 11.4 Å². The summed E-state index contributed by atoms with van der Waals surface area (Å²) >= 11 is 0. The van der Waals surface area contributed by atoms with E-state index in [-0.39, 0.29) is 13.0 Å². The number of carboxylic acids is 1. The highest BCUT2D eigenvalue weighted by molar-refractivity contribution is 5.78. The van der Waals surface area contributed by atoms with E-state index in [1.165, 1.54) is 9.58 Å². The molecule has 1 aliphatic heterocycles. The van der Waals surface area contributed by atoms with Gasteiger partial charge < -0.3 is 15.1 Å². The van der Waals surface area contributed by atoms with Crippen molar-refractivity contribution >= 4 is 11.9 Å². The number of aliphatic hydroxyl groups is 1. The highest BCUT2D eigenvalue weighted by Gasteiger charge is 2.38. The Bertz CT molecular complexity index is 378. The third-order valence-electron chi connectivity index (χ3n) is 2.42. The minimum absolute atomic E-state index is 0.197. The second-order valence-electron chi connectivity index (χ2n) is 3.50. The van der Waals surface area contributed by atoms with Crippen molar-refractivity contribution in [2.45, 2.75) is 18.6 Å². The molecule has 1 aromatic rings. The standard InChI is InChI=1S/C7H11N5O3/c1-11-7(8-9-10-11)12-3-4(13)2-5(12)6(14)15/h4-5,13H,2-3H2,1H3,(H,14,15). The summed E-state index contributed by atoms with van der Waals surface area (Å²) in [5.41, 5.74) is 0. The van der Waals surface area contributed by atoms with Crippen molar-refractivity contribution in [3.05, 3.63) is 0 Å². The van der Waals surface area contributed by atoms with Gasteiger partial charge in [0.2, 0.25) is 5.95 Å². The summed E-state index contributed by atoms with van der Waals surface area (Å²) in [7, 11) is 1.62. The molecule has 2 heterocycles. The van der Waals surface area contributed by atoms with Crippen LogP contribution in [0.3, 0.4) is 0 Å². The number of carbonyl (C=O) groups is 1. The maximum absolute atomic E-state index is 10.9. The molecule has 1 aromatic heterocycles. The molecule has 0 radical (unpaired) electrons. The fraction of sp³-hybridized carbons (Fsp3) is 0.714. The van der Waals surface area contributed by atoms with Crippen LogP contribution in [0.15, 0.2) is 0 Å². The van der Waals surface area contributed by atoms with E-state index in [9.17, 15) is 9.90 Å². The topological polar surface area (TPSA) is 104 Å². The first-order chi connectivity index (χ1) is 7.09. The highest BCUT2D eigenvalue weighted by Crippen LogP contribution is 2.22. The van der Waals surface area contributed by atoms with Crippen molar-refractivity contribution in [2.24, 2.45) is 7.05 Å². The van der Waals surface area contributed by atoms with E-state index >= 15 is 0 Å². The molecule has 0 spiro atoms. The number of carboxylic acid groups (broad SMARTS) is 1. The number of nitrogens with zero attached hydrogens (tertiary/aromatic N) is 5. The molecule has 1 fully saturated rings. The molecule has 2 rings (SSSR count). The van der Waals surface area contributed by atoms with Gasteiger partial charge in [0.25, 0.3) is 0 Å². The molecule has 2 unspecified atom stereocenters. The van der Waals surface area contributed by atoms with Gasteiger partial charge in [-0.05, 0) is 10.4 Å². The number of aliphatic carboxylic acids is 1. The molecule has 0 saturated carbocycles. The van der Waals surface area contributed by atoms with Gasteiger partial charge in [-0.1, -0.05) is 5.10 Å². The number of rotatable bonds is 2. The van der Waals surface area contributed by atoms with Crippen LogP contribution in [0.4, 0.5) is 5.95 Å². The Kier molecular flexibility index (Phi) is 2.27. The third-order valence-corrected chi connectivity index (χ3v) is 2.42. The zero-order chi connectivity index (χ0) is 11.0. The average molecular weight is 213 g/mol. The predicted molar refractivity (Wildman–Crippen MR) is 48.2 cm³/mol. The van der Waals surface area contributed by atoms with Gasteiger partial charge in [-0.2, -0.15) is 0 Å². The largest absolute Gasteiger partial charge is 0.480 e. The van der Waals surface area contributed by atoms with Crippen molar-refractivity contribution in [1.29, 1.82) is 0 Å². The fourth-order valence-corrected chi connectivity index (χ4v) is 1.74. The van der Waals surface area contributed by atoms with Gasteiger partial charge in [-0.3, -0.25) is 0 Å². The van der Waals surface area contributed by atoms with E-state index < -0.39 is 18.1 Å². The normalized spacial score (nSPS) is 25.9. The summed E-state index contributed by atoms with van der Waals surface area (Å²) in [6.07, 6.45) is -0.454. The minimum atomic E-state index is -0.977. The average Bonchev–Trinajstić information content (AvgIpc) is 2.71. The SMILES string of the molecule is Cn1nnnc1N1CC(O)CC1C(=O)O. The van der Waals surface area contributed by atoms with Crippen molar-refractivity contribution < 1.29 is 15.0 Å². The van der Waals surface area contributed by atoms with Gasteiger partial charge >= 0.3 is 5.97 Å². The predicted octanol–water partition coefficient (Wildman–Crippen LogP) is -1.77. The third kappa shape index (κ3) is 1.63. The smallest absolute Gasteiger partial charge is 0.326 e. The monoisotopic (exact) mass is 213 g/mol. The molecule has 82 valence electrons. The lowest BCUT2D eigenvalue weighted by atomic mass is 10.2. The number of aryl methyl sites for hydroxylation is 1. The molecule has 0 aliphatic carbocycles. The molecule has 8 heteroatoms. The number of tetrazole rings is 1. The maximum atomic E-state index is 10.9. The first-order valence-corrected chi connectivity index (χ1v) is 4.49.